The summed E-state index contributed by atoms with van der Waals surface area (Å²) >= 11 is 1.78. The van der Waals surface area contributed by atoms with Crippen LogP contribution in [0.25, 0.3) is 0 Å². The molecule has 1 amide bonds. The fourth-order valence-electron chi connectivity index (χ4n) is 3.49. The van der Waals surface area contributed by atoms with Crippen molar-refractivity contribution in [2.45, 2.75) is 68.5 Å². The molecule has 3 rings (SSSR count). The number of carbonyl (C=O) groups is 1. The molecule has 114 valence electrons. The molecule has 2 unspecified atom stereocenters. The molecule has 0 bridgehead atoms. The van der Waals surface area contributed by atoms with Crippen molar-refractivity contribution in [2.75, 3.05) is 0 Å². The molecule has 1 aliphatic heterocycles. The molecule has 1 saturated carbocycles. The first-order chi connectivity index (χ1) is 10.3. The molecule has 1 aromatic rings. The van der Waals surface area contributed by atoms with Crippen molar-refractivity contribution < 1.29 is 4.79 Å². The second-order valence-corrected chi connectivity index (χ2v) is 7.59. The third-order valence-electron chi connectivity index (χ3n) is 4.63. The minimum atomic E-state index is 0.0700. The van der Waals surface area contributed by atoms with Crippen LogP contribution in [0.15, 0.2) is 24.5 Å². The van der Waals surface area contributed by atoms with E-state index in [2.05, 4.69) is 16.0 Å². The van der Waals surface area contributed by atoms with Crippen LogP contribution in [-0.2, 0) is 4.79 Å². The number of amides is 1. The molecule has 2 fully saturated rings. The topological polar surface area (TPSA) is 33.2 Å². The lowest BCUT2D eigenvalue weighted by atomic mass is 9.95. The lowest BCUT2D eigenvalue weighted by molar-refractivity contribution is -0.132. The molecule has 3 nitrogen and oxygen atoms in total. The zero-order chi connectivity index (χ0) is 14.7. The number of hydrogen-bond donors (Lipinski definition) is 0. The highest BCUT2D eigenvalue weighted by Gasteiger charge is 2.42. The summed E-state index contributed by atoms with van der Waals surface area (Å²) in [5.41, 5.74) is 1.17. The second kappa shape index (κ2) is 6.82. The first-order valence-electron chi connectivity index (χ1n) is 8.15. The third kappa shape index (κ3) is 3.25. The minimum Gasteiger partial charge on any atom is -0.323 e. The lowest BCUT2D eigenvalue weighted by Gasteiger charge is -2.34. The van der Waals surface area contributed by atoms with Gasteiger partial charge in [0.05, 0.1) is 5.25 Å². The molecule has 2 atom stereocenters. The van der Waals surface area contributed by atoms with Gasteiger partial charge in [0.1, 0.15) is 5.37 Å². The molecule has 1 aliphatic carbocycles. The van der Waals surface area contributed by atoms with Gasteiger partial charge in [-0.05, 0) is 25.8 Å². The highest BCUT2D eigenvalue weighted by Crippen LogP contribution is 2.45. The van der Waals surface area contributed by atoms with Gasteiger partial charge in [-0.2, -0.15) is 0 Å². The van der Waals surface area contributed by atoms with Gasteiger partial charge < -0.3 is 4.90 Å². The summed E-state index contributed by atoms with van der Waals surface area (Å²) in [5, 5.41) is 0.228. The van der Waals surface area contributed by atoms with E-state index in [1.807, 2.05) is 19.2 Å². The lowest BCUT2D eigenvalue weighted by Crippen LogP contribution is -2.40. The highest BCUT2D eigenvalue weighted by molar-refractivity contribution is 8.01. The standard InChI is InChI=1S/C17H24N2OS/c1-13-16(20)19(15-9-5-3-2-4-6-10-15)17(21-13)14-8-7-11-18-12-14/h7-8,11-13,15,17H,2-6,9-10H2,1H3. The Morgan fingerprint density at radius 3 is 2.57 bits per heavy atom. The Labute approximate surface area is 131 Å². The van der Waals surface area contributed by atoms with E-state index in [-0.39, 0.29) is 10.6 Å². The van der Waals surface area contributed by atoms with Crippen molar-refractivity contribution in [1.82, 2.24) is 9.88 Å². The predicted octanol–water partition coefficient (Wildman–Crippen LogP) is 4.16. The van der Waals surface area contributed by atoms with E-state index >= 15 is 0 Å². The number of aromatic nitrogens is 1. The van der Waals surface area contributed by atoms with E-state index in [4.69, 9.17) is 0 Å². The summed E-state index contributed by atoms with van der Waals surface area (Å²) in [6.45, 7) is 2.04. The van der Waals surface area contributed by atoms with Crippen LogP contribution in [0.3, 0.4) is 0 Å². The van der Waals surface area contributed by atoms with E-state index in [0.29, 0.717) is 11.9 Å². The molecule has 1 saturated heterocycles. The van der Waals surface area contributed by atoms with Crippen LogP contribution in [0.5, 0.6) is 0 Å². The molecule has 4 heteroatoms. The first-order valence-corrected chi connectivity index (χ1v) is 9.09. The molecule has 0 N–H and O–H groups in total. The Morgan fingerprint density at radius 2 is 1.90 bits per heavy atom. The number of carbonyl (C=O) groups excluding carboxylic acids is 1. The van der Waals surface area contributed by atoms with Gasteiger partial charge in [-0.1, -0.05) is 38.2 Å². The van der Waals surface area contributed by atoms with Crippen LogP contribution >= 0.6 is 11.8 Å². The predicted molar refractivity (Wildman–Crippen MR) is 87.0 cm³/mol. The maximum atomic E-state index is 12.7. The maximum Gasteiger partial charge on any atom is 0.236 e. The number of pyridine rings is 1. The molecular weight excluding hydrogens is 280 g/mol. The summed E-state index contributed by atoms with van der Waals surface area (Å²) in [6.07, 6.45) is 12.6. The zero-order valence-corrected chi connectivity index (χ0v) is 13.5. The largest absolute Gasteiger partial charge is 0.323 e. The quantitative estimate of drug-likeness (QED) is 0.822. The molecular formula is C17H24N2OS. The van der Waals surface area contributed by atoms with Gasteiger partial charge in [-0.3, -0.25) is 9.78 Å². The monoisotopic (exact) mass is 304 g/mol. The van der Waals surface area contributed by atoms with Gasteiger partial charge in [-0.25, -0.2) is 0 Å². The molecule has 1 aromatic heterocycles. The van der Waals surface area contributed by atoms with E-state index in [1.165, 1.54) is 37.7 Å². The maximum absolute atomic E-state index is 12.7. The van der Waals surface area contributed by atoms with Crippen LogP contribution in [0.4, 0.5) is 0 Å². The fourth-order valence-corrected chi connectivity index (χ4v) is 4.82. The van der Waals surface area contributed by atoms with Crippen molar-refractivity contribution in [3.8, 4) is 0 Å². The highest BCUT2D eigenvalue weighted by atomic mass is 32.2. The number of rotatable bonds is 2. The van der Waals surface area contributed by atoms with Gasteiger partial charge in [-0.15, -0.1) is 11.8 Å². The molecule has 2 heterocycles. The van der Waals surface area contributed by atoms with Crippen molar-refractivity contribution in [3.05, 3.63) is 30.1 Å². The SMILES string of the molecule is CC1SC(c2cccnc2)N(C2CCCCCCC2)C1=O. The third-order valence-corrected chi connectivity index (χ3v) is 5.99. The summed E-state index contributed by atoms with van der Waals surface area (Å²) in [6, 6.07) is 4.49. The smallest absolute Gasteiger partial charge is 0.236 e. The van der Waals surface area contributed by atoms with Crippen molar-refractivity contribution >= 4 is 17.7 Å². The first kappa shape index (κ1) is 14.9. The van der Waals surface area contributed by atoms with Crippen LogP contribution in [0.1, 0.15) is 62.8 Å². The van der Waals surface area contributed by atoms with E-state index < -0.39 is 0 Å². The normalized spacial score (nSPS) is 28.4. The Hall–Kier alpha value is -1.03. The summed E-state index contributed by atoms with van der Waals surface area (Å²) in [5.74, 6) is 0.319. The van der Waals surface area contributed by atoms with Crippen molar-refractivity contribution in [1.29, 1.82) is 0 Å². The number of nitrogens with zero attached hydrogens (tertiary/aromatic N) is 2. The van der Waals surface area contributed by atoms with E-state index in [0.717, 1.165) is 12.8 Å². The Bertz CT molecular complexity index is 471. The van der Waals surface area contributed by atoms with E-state index in [1.54, 1.807) is 18.0 Å². The van der Waals surface area contributed by atoms with Crippen LogP contribution in [-0.4, -0.2) is 27.1 Å². The summed E-state index contributed by atoms with van der Waals surface area (Å²) in [7, 11) is 0. The molecule has 0 radical (unpaired) electrons. The van der Waals surface area contributed by atoms with Crippen LogP contribution in [0, 0.1) is 0 Å². The minimum absolute atomic E-state index is 0.0700. The van der Waals surface area contributed by atoms with Crippen molar-refractivity contribution in [2.24, 2.45) is 0 Å². The van der Waals surface area contributed by atoms with Crippen LogP contribution in [0.2, 0.25) is 0 Å². The van der Waals surface area contributed by atoms with Gasteiger partial charge in [0, 0.05) is 24.0 Å². The number of hydrogen-bond acceptors (Lipinski definition) is 3. The Morgan fingerprint density at radius 1 is 1.19 bits per heavy atom. The fraction of sp³-hybridized carbons (Fsp3) is 0.647. The molecule has 2 aliphatic rings. The Kier molecular flexibility index (Phi) is 4.84. The average molecular weight is 304 g/mol. The van der Waals surface area contributed by atoms with Gasteiger partial charge in [0.25, 0.3) is 0 Å². The average Bonchev–Trinajstić information content (AvgIpc) is 2.76. The molecule has 0 aromatic carbocycles. The van der Waals surface area contributed by atoms with E-state index in [9.17, 15) is 4.79 Å². The zero-order valence-electron chi connectivity index (χ0n) is 12.7. The van der Waals surface area contributed by atoms with Gasteiger partial charge >= 0.3 is 0 Å². The van der Waals surface area contributed by atoms with Crippen LogP contribution < -0.4 is 0 Å². The second-order valence-electron chi connectivity index (χ2n) is 6.16. The Balaban J connectivity index is 1.83. The summed E-state index contributed by atoms with van der Waals surface area (Å²) < 4.78 is 0. The number of thioether (sulfide) groups is 1. The summed E-state index contributed by atoms with van der Waals surface area (Å²) in [4.78, 5) is 19.1. The van der Waals surface area contributed by atoms with Gasteiger partial charge in [0.15, 0.2) is 0 Å². The molecule has 21 heavy (non-hydrogen) atoms. The molecule has 0 spiro atoms. The van der Waals surface area contributed by atoms with Crippen molar-refractivity contribution in [3.63, 3.8) is 0 Å². The van der Waals surface area contributed by atoms with Gasteiger partial charge in [0.2, 0.25) is 5.91 Å².